The summed E-state index contributed by atoms with van der Waals surface area (Å²) in [5, 5.41) is 3.41. The zero-order valence-electron chi connectivity index (χ0n) is 11.3. The molecule has 7 nitrogen and oxygen atoms in total. The van der Waals surface area contributed by atoms with Crippen molar-refractivity contribution in [2.45, 2.75) is 31.5 Å². The normalized spacial score (nSPS) is 22.8. The van der Waals surface area contributed by atoms with E-state index in [0.29, 0.717) is 31.7 Å². The topological polar surface area (TPSA) is 93.4 Å². The van der Waals surface area contributed by atoms with Crippen LogP contribution in [0.4, 0.5) is 5.95 Å². The van der Waals surface area contributed by atoms with Crippen LogP contribution in [-0.4, -0.2) is 47.7 Å². The molecule has 1 aliphatic heterocycles. The fourth-order valence-corrected chi connectivity index (χ4v) is 2.22. The molecule has 2 aliphatic rings. The molecule has 1 atom stereocenters. The number of carbonyl (C=O) groups excluding carboxylic acids is 1. The molecule has 3 N–H and O–H groups in total. The van der Waals surface area contributed by atoms with Gasteiger partial charge in [-0.2, -0.15) is 0 Å². The van der Waals surface area contributed by atoms with Gasteiger partial charge >= 0.3 is 0 Å². The van der Waals surface area contributed by atoms with Crippen molar-refractivity contribution in [3.8, 4) is 0 Å². The van der Waals surface area contributed by atoms with Crippen molar-refractivity contribution in [2.24, 2.45) is 5.73 Å². The first-order valence-electron chi connectivity index (χ1n) is 6.92. The smallest absolute Gasteiger partial charge is 0.242 e. The molecule has 0 radical (unpaired) electrons. The molecule has 1 amide bonds. The van der Waals surface area contributed by atoms with Gasteiger partial charge in [-0.05, 0) is 12.8 Å². The zero-order chi connectivity index (χ0) is 13.9. The lowest BCUT2D eigenvalue weighted by molar-refractivity contribution is -0.121. The van der Waals surface area contributed by atoms with Gasteiger partial charge in [-0.3, -0.25) is 4.79 Å². The van der Waals surface area contributed by atoms with E-state index < -0.39 is 11.9 Å². The average Bonchev–Trinajstić information content (AvgIpc) is 3.30. The monoisotopic (exact) mass is 277 g/mol. The Bertz CT molecular complexity index is 474. The van der Waals surface area contributed by atoms with Crippen LogP contribution in [0.3, 0.4) is 0 Å². The molecule has 0 bridgehead atoms. The van der Waals surface area contributed by atoms with Crippen molar-refractivity contribution in [2.75, 3.05) is 24.7 Å². The van der Waals surface area contributed by atoms with Crippen molar-refractivity contribution >= 4 is 11.9 Å². The Hall–Kier alpha value is -1.73. The zero-order valence-corrected chi connectivity index (χ0v) is 11.3. The van der Waals surface area contributed by atoms with Gasteiger partial charge in [0.05, 0.1) is 13.2 Å². The Morgan fingerprint density at radius 3 is 2.85 bits per heavy atom. The first-order valence-corrected chi connectivity index (χ1v) is 6.92. The van der Waals surface area contributed by atoms with E-state index >= 15 is 0 Å². The van der Waals surface area contributed by atoms with Gasteiger partial charge in [-0.25, -0.2) is 9.97 Å². The number of nitrogens with one attached hydrogen (secondary N) is 1. The Kier molecular flexibility index (Phi) is 3.79. The molecule has 1 unspecified atom stereocenters. The number of nitrogens with zero attached hydrogens (tertiary/aromatic N) is 3. The van der Waals surface area contributed by atoms with Crippen LogP contribution < -0.4 is 16.0 Å². The molecule has 2 fully saturated rings. The number of morpholine rings is 1. The van der Waals surface area contributed by atoms with Crippen LogP contribution in [0, 0.1) is 0 Å². The van der Waals surface area contributed by atoms with Crippen molar-refractivity contribution in [3.63, 3.8) is 0 Å². The summed E-state index contributed by atoms with van der Waals surface area (Å²) in [4.78, 5) is 21.9. The fourth-order valence-electron chi connectivity index (χ4n) is 2.22. The van der Waals surface area contributed by atoms with Crippen molar-refractivity contribution in [3.05, 3.63) is 18.0 Å². The van der Waals surface area contributed by atoms with Gasteiger partial charge in [0.25, 0.3) is 0 Å². The lowest BCUT2D eigenvalue weighted by Crippen LogP contribution is -2.53. The number of primary amides is 1. The molecule has 1 aromatic heterocycles. The van der Waals surface area contributed by atoms with Gasteiger partial charge in [0.2, 0.25) is 11.9 Å². The number of ether oxygens (including phenoxy) is 1. The van der Waals surface area contributed by atoms with Crippen LogP contribution in [0.5, 0.6) is 0 Å². The van der Waals surface area contributed by atoms with Crippen molar-refractivity contribution in [1.82, 2.24) is 15.3 Å². The fraction of sp³-hybridized carbons (Fsp3) is 0.615. The highest BCUT2D eigenvalue weighted by Crippen LogP contribution is 2.19. The van der Waals surface area contributed by atoms with E-state index in [-0.39, 0.29) is 0 Å². The van der Waals surface area contributed by atoms with Gasteiger partial charge in [0, 0.05) is 37.1 Å². The van der Waals surface area contributed by atoms with Crippen LogP contribution in [0.15, 0.2) is 12.4 Å². The van der Waals surface area contributed by atoms with Crippen LogP contribution in [0.1, 0.15) is 18.4 Å². The quantitative estimate of drug-likeness (QED) is 0.748. The molecule has 2 heterocycles. The number of aromatic nitrogens is 2. The molecule has 20 heavy (non-hydrogen) atoms. The SMILES string of the molecule is NC(=O)C1COCCN1c1ncc(CNC2CC2)cn1. The van der Waals surface area contributed by atoms with Crippen LogP contribution in [0.2, 0.25) is 0 Å². The third-order valence-corrected chi connectivity index (χ3v) is 3.58. The Morgan fingerprint density at radius 1 is 1.45 bits per heavy atom. The molecule has 0 spiro atoms. The molecule has 1 aliphatic carbocycles. The molecule has 7 heteroatoms. The molecule has 1 saturated carbocycles. The largest absolute Gasteiger partial charge is 0.377 e. The Morgan fingerprint density at radius 2 is 2.20 bits per heavy atom. The second-order valence-corrected chi connectivity index (χ2v) is 5.23. The summed E-state index contributed by atoms with van der Waals surface area (Å²) in [6, 6.07) is 0.173. The third kappa shape index (κ3) is 3.05. The molecule has 1 saturated heterocycles. The summed E-state index contributed by atoms with van der Waals surface area (Å²) in [5.74, 6) is 0.125. The van der Waals surface area contributed by atoms with E-state index in [1.807, 2.05) is 4.90 Å². The lowest BCUT2D eigenvalue weighted by Gasteiger charge is -2.33. The second-order valence-electron chi connectivity index (χ2n) is 5.23. The number of carbonyl (C=O) groups is 1. The standard InChI is InChI=1S/C13H19N5O2/c14-12(19)11-8-20-4-3-18(11)13-16-6-9(7-17-13)5-15-10-1-2-10/h6-7,10-11,15H,1-5,8H2,(H2,14,19). The summed E-state index contributed by atoms with van der Waals surface area (Å²) in [7, 11) is 0. The summed E-state index contributed by atoms with van der Waals surface area (Å²) in [6.45, 7) is 2.21. The van der Waals surface area contributed by atoms with Crippen LogP contribution >= 0.6 is 0 Å². The second kappa shape index (κ2) is 5.72. The van der Waals surface area contributed by atoms with E-state index in [0.717, 1.165) is 12.1 Å². The van der Waals surface area contributed by atoms with Gasteiger partial charge in [-0.1, -0.05) is 0 Å². The van der Waals surface area contributed by atoms with E-state index in [1.54, 1.807) is 12.4 Å². The number of amides is 1. The first kappa shape index (κ1) is 13.3. The van der Waals surface area contributed by atoms with E-state index in [2.05, 4.69) is 15.3 Å². The van der Waals surface area contributed by atoms with E-state index in [4.69, 9.17) is 10.5 Å². The molecule has 108 valence electrons. The maximum atomic E-state index is 11.4. The number of nitrogens with two attached hydrogens (primary N) is 1. The molecule has 0 aromatic carbocycles. The number of hydrogen-bond donors (Lipinski definition) is 2. The van der Waals surface area contributed by atoms with Gasteiger partial charge < -0.3 is 20.7 Å². The predicted molar refractivity (Wildman–Crippen MR) is 73.0 cm³/mol. The third-order valence-electron chi connectivity index (χ3n) is 3.58. The summed E-state index contributed by atoms with van der Waals surface area (Å²) >= 11 is 0. The Balaban J connectivity index is 1.66. The van der Waals surface area contributed by atoms with Gasteiger partial charge in [0.15, 0.2) is 0 Å². The number of rotatable bonds is 5. The summed E-state index contributed by atoms with van der Waals surface area (Å²) in [5.41, 5.74) is 6.43. The van der Waals surface area contributed by atoms with E-state index in [1.165, 1.54) is 12.8 Å². The van der Waals surface area contributed by atoms with Crippen molar-refractivity contribution < 1.29 is 9.53 Å². The summed E-state index contributed by atoms with van der Waals surface area (Å²) < 4.78 is 5.28. The molecule has 3 rings (SSSR count). The minimum atomic E-state index is -0.487. The van der Waals surface area contributed by atoms with Crippen LogP contribution in [-0.2, 0) is 16.1 Å². The van der Waals surface area contributed by atoms with E-state index in [9.17, 15) is 4.79 Å². The number of hydrogen-bond acceptors (Lipinski definition) is 6. The maximum Gasteiger partial charge on any atom is 0.242 e. The van der Waals surface area contributed by atoms with Gasteiger partial charge in [0.1, 0.15) is 6.04 Å². The minimum absolute atomic E-state index is 0.295. The Labute approximate surface area is 117 Å². The van der Waals surface area contributed by atoms with Crippen LogP contribution in [0.25, 0.3) is 0 Å². The lowest BCUT2D eigenvalue weighted by atomic mass is 10.2. The average molecular weight is 277 g/mol. The predicted octanol–water partition coefficient (Wildman–Crippen LogP) is -0.581. The molecule has 1 aromatic rings. The molecular weight excluding hydrogens is 258 g/mol. The molecular formula is C13H19N5O2. The highest BCUT2D eigenvalue weighted by Gasteiger charge is 2.29. The maximum absolute atomic E-state index is 11.4. The van der Waals surface area contributed by atoms with Crippen molar-refractivity contribution in [1.29, 1.82) is 0 Å². The first-order chi connectivity index (χ1) is 9.74. The number of anilines is 1. The highest BCUT2D eigenvalue weighted by molar-refractivity contribution is 5.83. The minimum Gasteiger partial charge on any atom is -0.377 e. The van der Waals surface area contributed by atoms with Gasteiger partial charge in [-0.15, -0.1) is 0 Å². The summed E-state index contributed by atoms with van der Waals surface area (Å²) in [6.07, 6.45) is 6.11. The highest BCUT2D eigenvalue weighted by atomic mass is 16.5.